The fourth-order valence-corrected chi connectivity index (χ4v) is 3.35. The van der Waals surface area contributed by atoms with Crippen molar-refractivity contribution in [3.05, 3.63) is 45.9 Å². The van der Waals surface area contributed by atoms with Gasteiger partial charge >= 0.3 is 0 Å². The molecule has 0 saturated heterocycles. The molecule has 1 aromatic carbocycles. The summed E-state index contributed by atoms with van der Waals surface area (Å²) >= 11 is 1.50. The van der Waals surface area contributed by atoms with Gasteiger partial charge in [-0.25, -0.2) is 4.98 Å². The molecule has 0 amide bonds. The molecule has 0 bridgehead atoms. The molecule has 0 unspecified atom stereocenters. The molecule has 114 valence electrons. The summed E-state index contributed by atoms with van der Waals surface area (Å²) in [7, 11) is 0. The molecule has 5 nitrogen and oxygen atoms in total. The second kappa shape index (κ2) is 5.88. The molecule has 0 spiro atoms. The van der Waals surface area contributed by atoms with Gasteiger partial charge in [-0.15, -0.1) is 0 Å². The van der Waals surface area contributed by atoms with Crippen LogP contribution < -0.4 is 5.56 Å². The standard InChI is InChI=1S/C16H18N4OS/c1-4-9-17-10(2)14-11(3)19-20(15(14)21)16-18-12-7-5-6-8-13(12)22-16/h5-8,19H,4,9H2,1-3H3. The number of hydrogen-bond donors (Lipinski definition) is 1. The number of benzene rings is 1. The quantitative estimate of drug-likeness (QED) is 0.751. The van der Waals surface area contributed by atoms with Crippen LogP contribution in [-0.2, 0) is 0 Å². The van der Waals surface area contributed by atoms with Crippen LogP contribution in [0.25, 0.3) is 15.3 Å². The van der Waals surface area contributed by atoms with Crippen LogP contribution in [0.3, 0.4) is 0 Å². The van der Waals surface area contributed by atoms with E-state index in [0.717, 1.165) is 34.6 Å². The third-order valence-electron chi connectivity index (χ3n) is 3.48. The van der Waals surface area contributed by atoms with Crippen molar-refractivity contribution in [3.8, 4) is 5.13 Å². The highest BCUT2D eigenvalue weighted by Gasteiger charge is 2.17. The lowest BCUT2D eigenvalue weighted by Gasteiger charge is -1.96. The maximum absolute atomic E-state index is 12.7. The second-order valence-electron chi connectivity index (χ2n) is 5.18. The highest BCUT2D eigenvalue weighted by atomic mass is 32.1. The molecule has 3 aromatic rings. The van der Waals surface area contributed by atoms with Crippen LogP contribution in [0.4, 0.5) is 0 Å². The molecule has 6 heteroatoms. The van der Waals surface area contributed by atoms with E-state index < -0.39 is 0 Å². The maximum atomic E-state index is 12.7. The van der Waals surface area contributed by atoms with Gasteiger partial charge in [0.1, 0.15) is 0 Å². The monoisotopic (exact) mass is 314 g/mol. The lowest BCUT2D eigenvalue weighted by molar-refractivity contribution is 0.829. The van der Waals surface area contributed by atoms with E-state index in [1.165, 1.54) is 16.0 Å². The minimum Gasteiger partial charge on any atom is -0.293 e. The summed E-state index contributed by atoms with van der Waals surface area (Å²) in [6.07, 6.45) is 0.965. The molecule has 2 aromatic heterocycles. The van der Waals surface area contributed by atoms with Gasteiger partial charge in [0.15, 0.2) is 0 Å². The molecule has 0 aliphatic rings. The van der Waals surface area contributed by atoms with Gasteiger partial charge in [0.25, 0.3) is 5.56 Å². The van der Waals surface area contributed by atoms with Crippen LogP contribution in [0.2, 0.25) is 0 Å². The van der Waals surface area contributed by atoms with Gasteiger partial charge in [-0.05, 0) is 32.4 Å². The van der Waals surface area contributed by atoms with Gasteiger partial charge in [-0.1, -0.05) is 30.4 Å². The first kappa shape index (κ1) is 14.7. The van der Waals surface area contributed by atoms with Crippen molar-refractivity contribution in [2.24, 2.45) is 4.99 Å². The van der Waals surface area contributed by atoms with E-state index in [0.29, 0.717) is 10.7 Å². The van der Waals surface area contributed by atoms with Crippen LogP contribution in [0.1, 0.15) is 31.5 Å². The Labute approximate surface area is 132 Å². The third-order valence-corrected chi connectivity index (χ3v) is 4.50. The average molecular weight is 314 g/mol. The van der Waals surface area contributed by atoms with E-state index in [4.69, 9.17) is 0 Å². The minimum atomic E-state index is -0.0890. The topological polar surface area (TPSA) is 63.0 Å². The molecule has 0 fully saturated rings. The summed E-state index contributed by atoms with van der Waals surface area (Å²) in [6, 6.07) is 7.87. The summed E-state index contributed by atoms with van der Waals surface area (Å²) in [6.45, 7) is 6.58. The summed E-state index contributed by atoms with van der Waals surface area (Å²) in [5.74, 6) is 0. The molecule has 0 radical (unpaired) electrons. The first-order chi connectivity index (χ1) is 10.6. The van der Waals surface area contributed by atoms with E-state index in [9.17, 15) is 4.79 Å². The zero-order valence-electron chi connectivity index (χ0n) is 12.9. The smallest absolute Gasteiger partial charge is 0.282 e. The number of thiazole rings is 1. The van der Waals surface area contributed by atoms with Crippen LogP contribution >= 0.6 is 11.3 Å². The van der Waals surface area contributed by atoms with Gasteiger partial charge in [-0.3, -0.25) is 14.9 Å². The van der Waals surface area contributed by atoms with Gasteiger partial charge in [0.05, 0.1) is 15.8 Å². The van der Waals surface area contributed by atoms with E-state index in [2.05, 4.69) is 22.0 Å². The second-order valence-corrected chi connectivity index (χ2v) is 6.19. The molecule has 0 aliphatic carbocycles. The Morgan fingerprint density at radius 3 is 2.91 bits per heavy atom. The highest BCUT2D eigenvalue weighted by Crippen LogP contribution is 2.23. The number of para-hydroxylation sites is 1. The average Bonchev–Trinajstić information content (AvgIpc) is 3.05. The Morgan fingerprint density at radius 1 is 1.41 bits per heavy atom. The van der Waals surface area contributed by atoms with Gasteiger partial charge in [-0.2, -0.15) is 4.68 Å². The van der Waals surface area contributed by atoms with Crippen molar-refractivity contribution in [2.45, 2.75) is 27.2 Å². The van der Waals surface area contributed by atoms with Crippen molar-refractivity contribution in [1.29, 1.82) is 0 Å². The number of rotatable bonds is 4. The number of H-pyrrole nitrogens is 1. The number of aromatic nitrogens is 3. The molecule has 3 rings (SSSR count). The largest absolute Gasteiger partial charge is 0.293 e. The zero-order chi connectivity index (χ0) is 15.7. The SMILES string of the molecule is CCCN=C(C)c1c(C)[nH]n(-c2nc3ccccc3s2)c1=O. The Bertz CT molecular complexity index is 867. The van der Waals surface area contributed by atoms with Crippen molar-refractivity contribution < 1.29 is 0 Å². The van der Waals surface area contributed by atoms with Crippen molar-refractivity contribution in [1.82, 2.24) is 14.8 Å². The number of aryl methyl sites for hydroxylation is 1. The predicted octanol–water partition coefficient (Wildman–Crippen LogP) is 3.30. The number of aliphatic imine (C=N–C) groups is 1. The Hall–Kier alpha value is -2.21. The summed E-state index contributed by atoms with van der Waals surface area (Å²) in [5, 5.41) is 3.78. The molecule has 0 aliphatic heterocycles. The number of nitrogens with zero attached hydrogens (tertiary/aromatic N) is 3. The molecule has 2 heterocycles. The van der Waals surface area contributed by atoms with Crippen LogP contribution in [0.5, 0.6) is 0 Å². The first-order valence-electron chi connectivity index (χ1n) is 7.30. The van der Waals surface area contributed by atoms with Crippen molar-refractivity contribution in [3.63, 3.8) is 0 Å². The van der Waals surface area contributed by atoms with Crippen molar-refractivity contribution >= 4 is 27.3 Å². The normalized spacial score (nSPS) is 12.2. The van der Waals surface area contributed by atoms with Crippen LogP contribution in [0.15, 0.2) is 34.1 Å². The van der Waals surface area contributed by atoms with Crippen LogP contribution in [0, 0.1) is 6.92 Å². The molecular weight excluding hydrogens is 296 g/mol. The first-order valence-corrected chi connectivity index (χ1v) is 8.12. The predicted molar refractivity (Wildman–Crippen MR) is 91.7 cm³/mol. The Morgan fingerprint density at radius 2 is 2.18 bits per heavy atom. The molecule has 1 N–H and O–H groups in total. The third kappa shape index (κ3) is 2.50. The fourth-order valence-electron chi connectivity index (χ4n) is 2.42. The summed E-state index contributed by atoms with van der Waals surface area (Å²) < 4.78 is 2.58. The summed E-state index contributed by atoms with van der Waals surface area (Å²) in [4.78, 5) is 21.7. The fraction of sp³-hybridized carbons (Fsp3) is 0.312. The van der Waals surface area contributed by atoms with E-state index in [1.54, 1.807) is 0 Å². The summed E-state index contributed by atoms with van der Waals surface area (Å²) in [5.41, 5.74) is 3.06. The highest BCUT2D eigenvalue weighted by molar-refractivity contribution is 7.20. The molecular formula is C16H18N4OS. The Kier molecular flexibility index (Phi) is 3.94. The van der Waals surface area contributed by atoms with Crippen molar-refractivity contribution in [2.75, 3.05) is 6.54 Å². The van der Waals surface area contributed by atoms with Gasteiger partial charge in [0, 0.05) is 18.0 Å². The zero-order valence-corrected chi connectivity index (χ0v) is 13.7. The number of hydrogen-bond acceptors (Lipinski definition) is 4. The minimum absolute atomic E-state index is 0.0890. The van der Waals surface area contributed by atoms with E-state index in [1.807, 2.05) is 38.1 Å². The van der Waals surface area contributed by atoms with E-state index in [-0.39, 0.29) is 5.56 Å². The number of fused-ring (bicyclic) bond motifs is 1. The van der Waals surface area contributed by atoms with Gasteiger partial charge in [0.2, 0.25) is 5.13 Å². The molecule has 0 saturated carbocycles. The van der Waals surface area contributed by atoms with Gasteiger partial charge < -0.3 is 0 Å². The lowest BCUT2D eigenvalue weighted by Crippen LogP contribution is -2.19. The molecule has 22 heavy (non-hydrogen) atoms. The number of nitrogens with one attached hydrogen (secondary N) is 1. The van der Waals surface area contributed by atoms with E-state index >= 15 is 0 Å². The Balaban J connectivity index is 2.11. The lowest BCUT2D eigenvalue weighted by atomic mass is 10.2. The van der Waals surface area contributed by atoms with Crippen LogP contribution in [-0.4, -0.2) is 27.0 Å². The number of aromatic amines is 1. The maximum Gasteiger partial charge on any atom is 0.282 e. The molecule has 0 atom stereocenters.